The minimum absolute atomic E-state index is 0.387. The molecule has 2 rings (SSSR count). The maximum absolute atomic E-state index is 5.82. The Morgan fingerprint density at radius 2 is 2.32 bits per heavy atom. The van der Waals surface area contributed by atoms with Crippen molar-refractivity contribution >= 4 is 11.6 Å². The molecule has 1 saturated heterocycles. The van der Waals surface area contributed by atoms with Crippen molar-refractivity contribution in [2.75, 3.05) is 51.5 Å². The summed E-state index contributed by atoms with van der Waals surface area (Å²) in [6.45, 7) is 3.71. The van der Waals surface area contributed by atoms with Gasteiger partial charge in [-0.1, -0.05) is 0 Å². The zero-order valence-electron chi connectivity index (χ0n) is 12.0. The van der Waals surface area contributed by atoms with Crippen LogP contribution in [0.2, 0.25) is 0 Å². The van der Waals surface area contributed by atoms with Gasteiger partial charge < -0.3 is 20.3 Å². The van der Waals surface area contributed by atoms with Gasteiger partial charge in [-0.15, -0.1) is 0 Å². The van der Waals surface area contributed by atoms with Gasteiger partial charge in [0, 0.05) is 33.3 Å². The van der Waals surface area contributed by atoms with Crippen LogP contribution in [0.25, 0.3) is 0 Å². The molecule has 1 aromatic rings. The molecule has 0 saturated carbocycles. The molecule has 1 aliphatic heterocycles. The fraction of sp³-hybridized carbons (Fsp3) is 0.692. The molecule has 0 amide bonds. The molecule has 6 nitrogen and oxygen atoms in total. The Morgan fingerprint density at radius 1 is 1.53 bits per heavy atom. The number of nitrogen functional groups attached to an aromatic ring is 1. The fourth-order valence-corrected chi connectivity index (χ4v) is 2.55. The van der Waals surface area contributed by atoms with Crippen molar-refractivity contribution in [2.24, 2.45) is 5.92 Å². The van der Waals surface area contributed by atoms with Gasteiger partial charge in [0.25, 0.3) is 0 Å². The molecular formula is C13H23N5O. The van der Waals surface area contributed by atoms with E-state index in [9.17, 15) is 0 Å². The monoisotopic (exact) mass is 265 g/mol. The summed E-state index contributed by atoms with van der Waals surface area (Å²) in [5, 5.41) is 0. The third kappa shape index (κ3) is 3.78. The third-order valence-electron chi connectivity index (χ3n) is 3.46. The fourth-order valence-electron chi connectivity index (χ4n) is 2.55. The van der Waals surface area contributed by atoms with Crippen LogP contribution in [0, 0.1) is 5.92 Å². The van der Waals surface area contributed by atoms with E-state index in [1.165, 1.54) is 13.0 Å². The van der Waals surface area contributed by atoms with Crippen molar-refractivity contribution in [1.82, 2.24) is 14.9 Å². The van der Waals surface area contributed by atoms with E-state index in [1.807, 2.05) is 6.07 Å². The van der Waals surface area contributed by atoms with Crippen LogP contribution < -0.4 is 10.6 Å². The number of hydrogen-bond donors (Lipinski definition) is 1. The molecule has 19 heavy (non-hydrogen) atoms. The van der Waals surface area contributed by atoms with Crippen molar-refractivity contribution in [1.29, 1.82) is 0 Å². The molecule has 2 N–H and O–H groups in total. The summed E-state index contributed by atoms with van der Waals surface area (Å²) in [6.07, 6.45) is 1.24. The zero-order chi connectivity index (χ0) is 13.8. The number of ether oxygens (including phenoxy) is 1. The summed E-state index contributed by atoms with van der Waals surface area (Å²) in [5.41, 5.74) is 5.82. The van der Waals surface area contributed by atoms with Crippen LogP contribution in [0.4, 0.5) is 11.6 Å². The van der Waals surface area contributed by atoms with Gasteiger partial charge >= 0.3 is 0 Å². The molecule has 2 heterocycles. The first-order valence-corrected chi connectivity index (χ1v) is 6.60. The van der Waals surface area contributed by atoms with Crippen molar-refractivity contribution in [3.63, 3.8) is 0 Å². The average molecular weight is 265 g/mol. The molecule has 106 valence electrons. The molecule has 0 aromatic carbocycles. The average Bonchev–Trinajstić information content (AvgIpc) is 2.74. The summed E-state index contributed by atoms with van der Waals surface area (Å²) >= 11 is 0. The van der Waals surface area contributed by atoms with Crippen molar-refractivity contribution in [2.45, 2.75) is 13.0 Å². The molecule has 1 aromatic heterocycles. The quantitative estimate of drug-likeness (QED) is 0.840. The highest BCUT2D eigenvalue weighted by Gasteiger charge is 2.21. The molecular weight excluding hydrogens is 242 g/mol. The maximum atomic E-state index is 5.82. The molecule has 0 radical (unpaired) electrons. The first-order valence-electron chi connectivity index (χ1n) is 6.60. The van der Waals surface area contributed by atoms with Crippen molar-refractivity contribution in [3.05, 3.63) is 11.9 Å². The van der Waals surface area contributed by atoms with Crippen LogP contribution in [0.1, 0.15) is 12.2 Å². The molecule has 1 fully saturated rings. The molecule has 1 aliphatic rings. The van der Waals surface area contributed by atoms with Crippen molar-refractivity contribution in [3.8, 4) is 0 Å². The smallest absolute Gasteiger partial charge is 0.158 e. The largest absolute Gasteiger partial charge is 0.384 e. The van der Waals surface area contributed by atoms with E-state index in [4.69, 9.17) is 10.5 Å². The van der Waals surface area contributed by atoms with E-state index in [2.05, 4.69) is 33.9 Å². The van der Waals surface area contributed by atoms with Gasteiger partial charge in [0.1, 0.15) is 18.2 Å². The van der Waals surface area contributed by atoms with E-state index in [1.54, 1.807) is 7.11 Å². The number of nitrogens with zero attached hydrogens (tertiary/aromatic N) is 4. The lowest BCUT2D eigenvalue weighted by molar-refractivity contribution is 0.178. The Hall–Kier alpha value is -1.40. The number of nitrogens with two attached hydrogens (primary N) is 1. The number of likely N-dealkylation sites (tertiary alicyclic amines) is 1. The van der Waals surface area contributed by atoms with E-state index < -0.39 is 0 Å². The summed E-state index contributed by atoms with van der Waals surface area (Å²) in [7, 11) is 5.85. The van der Waals surface area contributed by atoms with Crippen LogP contribution in [0.15, 0.2) is 6.07 Å². The van der Waals surface area contributed by atoms with Gasteiger partial charge in [-0.05, 0) is 25.9 Å². The van der Waals surface area contributed by atoms with Gasteiger partial charge in [0.2, 0.25) is 0 Å². The van der Waals surface area contributed by atoms with E-state index in [-0.39, 0.29) is 0 Å². The number of anilines is 2. The summed E-state index contributed by atoms with van der Waals surface area (Å²) in [5.74, 6) is 2.69. The van der Waals surface area contributed by atoms with E-state index in [0.717, 1.165) is 18.9 Å². The predicted octanol–water partition coefficient (Wildman–Crippen LogP) is 0.593. The molecule has 0 spiro atoms. The molecule has 1 unspecified atom stereocenters. The standard InChI is InChI=1S/C13H23N5O/c1-17-5-4-10(7-17)8-18(2)13-6-11(14)15-12(16-13)9-19-3/h6,10H,4-5,7-9H2,1-3H3,(H2,14,15,16). The highest BCUT2D eigenvalue weighted by Crippen LogP contribution is 2.19. The van der Waals surface area contributed by atoms with Crippen LogP contribution in [-0.2, 0) is 11.3 Å². The normalized spacial score (nSPS) is 19.8. The Morgan fingerprint density at radius 3 is 2.95 bits per heavy atom. The second-order valence-electron chi connectivity index (χ2n) is 5.30. The third-order valence-corrected chi connectivity index (χ3v) is 3.46. The molecule has 1 atom stereocenters. The minimum Gasteiger partial charge on any atom is -0.384 e. The molecule has 0 aliphatic carbocycles. The Balaban J connectivity index is 2.03. The van der Waals surface area contributed by atoms with Crippen LogP contribution in [-0.4, -0.2) is 55.7 Å². The summed E-state index contributed by atoms with van der Waals surface area (Å²) < 4.78 is 5.06. The highest BCUT2D eigenvalue weighted by molar-refractivity contribution is 5.46. The summed E-state index contributed by atoms with van der Waals surface area (Å²) in [6, 6.07) is 1.82. The summed E-state index contributed by atoms with van der Waals surface area (Å²) in [4.78, 5) is 13.2. The van der Waals surface area contributed by atoms with Crippen LogP contribution in [0.3, 0.4) is 0 Å². The topological polar surface area (TPSA) is 67.5 Å². The second-order valence-corrected chi connectivity index (χ2v) is 5.30. The molecule has 0 bridgehead atoms. The Kier molecular flexibility index (Phi) is 4.55. The maximum Gasteiger partial charge on any atom is 0.158 e. The van der Waals surface area contributed by atoms with Gasteiger partial charge in [-0.2, -0.15) is 0 Å². The number of rotatable bonds is 5. The first-order chi connectivity index (χ1) is 9.08. The van der Waals surface area contributed by atoms with Crippen LogP contribution in [0.5, 0.6) is 0 Å². The minimum atomic E-state index is 0.387. The van der Waals surface area contributed by atoms with Gasteiger partial charge in [-0.25, -0.2) is 9.97 Å². The van der Waals surface area contributed by atoms with Gasteiger partial charge in [0.05, 0.1) is 0 Å². The zero-order valence-corrected chi connectivity index (χ0v) is 12.0. The van der Waals surface area contributed by atoms with Crippen molar-refractivity contribution < 1.29 is 4.74 Å². The van der Waals surface area contributed by atoms with E-state index >= 15 is 0 Å². The lowest BCUT2D eigenvalue weighted by atomic mass is 10.1. The highest BCUT2D eigenvalue weighted by atomic mass is 16.5. The number of aromatic nitrogens is 2. The lowest BCUT2D eigenvalue weighted by Gasteiger charge is -2.22. The number of hydrogen-bond acceptors (Lipinski definition) is 6. The van der Waals surface area contributed by atoms with Crippen LogP contribution >= 0.6 is 0 Å². The Labute approximate surface area is 114 Å². The van der Waals surface area contributed by atoms with Gasteiger partial charge in [0.15, 0.2) is 5.82 Å². The predicted molar refractivity (Wildman–Crippen MR) is 76.0 cm³/mol. The SMILES string of the molecule is COCc1nc(N)cc(N(C)CC2CCN(C)C2)n1. The molecule has 6 heteroatoms. The lowest BCUT2D eigenvalue weighted by Crippen LogP contribution is -2.28. The second kappa shape index (κ2) is 6.16. The first kappa shape index (κ1) is 14.0. The Bertz CT molecular complexity index is 425. The number of methoxy groups -OCH3 is 1. The van der Waals surface area contributed by atoms with E-state index in [0.29, 0.717) is 24.2 Å². The van der Waals surface area contributed by atoms with Gasteiger partial charge in [-0.3, -0.25) is 0 Å².